The first-order valence-electron chi connectivity index (χ1n) is 8.88. The Hall–Kier alpha value is -3.38. The third-order valence-electron chi connectivity index (χ3n) is 4.21. The van der Waals surface area contributed by atoms with Gasteiger partial charge in [0.2, 0.25) is 5.91 Å². The van der Waals surface area contributed by atoms with Gasteiger partial charge in [0, 0.05) is 37.2 Å². The summed E-state index contributed by atoms with van der Waals surface area (Å²) in [6.07, 6.45) is 3.70. The van der Waals surface area contributed by atoms with E-state index in [2.05, 4.69) is 15.2 Å². The summed E-state index contributed by atoms with van der Waals surface area (Å²) in [4.78, 5) is 17.9. The fourth-order valence-corrected chi connectivity index (χ4v) is 3.49. The van der Waals surface area contributed by atoms with Gasteiger partial charge in [-0.05, 0) is 36.4 Å². The number of nitrogens with zero attached hydrogens (tertiary/aromatic N) is 6. The normalized spacial score (nSPS) is 10.4. The summed E-state index contributed by atoms with van der Waals surface area (Å²) < 4.78 is 7.15. The molecule has 0 saturated heterocycles. The number of aromatic nitrogens is 4. The summed E-state index contributed by atoms with van der Waals surface area (Å²) in [5.41, 5.74) is 1.73. The van der Waals surface area contributed by atoms with Gasteiger partial charge in [0.25, 0.3) is 0 Å². The number of ether oxygens (including phenoxy) is 1. The summed E-state index contributed by atoms with van der Waals surface area (Å²) >= 11 is 1.31. The molecule has 29 heavy (non-hydrogen) atoms. The molecule has 0 unspecified atom stereocenters. The Morgan fingerprint density at radius 3 is 2.59 bits per heavy atom. The summed E-state index contributed by atoms with van der Waals surface area (Å²) in [7, 11) is 3.31. The second-order valence-corrected chi connectivity index (χ2v) is 7.03. The van der Waals surface area contributed by atoms with Crippen molar-refractivity contribution in [2.75, 3.05) is 26.5 Å². The molecule has 9 heteroatoms. The number of amides is 1. The van der Waals surface area contributed by atoms with Crippen LogP contribution in [0.3, 0.4) is 0 Å². The second kappa shape index (κ2) is 9.71. The third-order valence-corrected chi connectivity index (χ3v) is 5.13. The molecule has 2 heterocycles. The van der Waals surface area contributed by atoms with E-state index in [9.17, 15) is 4.79 Å². The van der Waals surface area contributed by atoms with Crippen molar-refractivity contribution in [2.45, 2.75) is 11.6 Å². The van der Waals surface area contributed by atoms with Crippen molar-refractivity contribution in [2.24, 2.45) is 0 Å². The van der Waals surface area contributed by atoms with Crippen LogP contribution in [0.4, 0.5) is 0 Å². The number of pyridine rings is 1. The Bertz CT molecular complexity index is 998. The van der Waals surface area contributed by atoms with Gasteiger partial charge >= 0.3 is 0 Å². The van der Waals surface area contributed by atoms with E-state index in [0.717, 1.165) is 17.0 Å². The molecule has 3 aromatic rings. The molecule has 0 saturated carbocycles. The zero-order chi connectivity index (χ0) is 20.6. The standard InChI is InChI=1S/C20H20N6O2S/c1-25(13-3-10-21)18(27)14-29-20-24-23-19(15-8-11-22-12-9-15)26(20)16-4-6-17(28-2)7-5-16/h4-9,11-12H,3,13-14H2,1-2H3. The molecule has 2 aromatic heterocycles. The van der Waals surface area contributed by atoms with Crippen LogP contribution in [0.1, 0.15) is 6.42 Å². The molecule has 8 nitrogen and oxygen atoms in total. The Balaban J connectivity index is 1.90. The van der Waals surface area contributed by atoms with Crippen LogP contribution < -0.4 is 4.74 Å². The van der Waals surface area contributed by atoms with Crippen LogP contribution >= 0.6 is 11.8 Å². The zero-order valence-electron chi connectivity index (χ0n) is 16.1. The largest absolute Gasteiger partial charge is 0.497 e. The maximum atomic E-state index is 12.3. The first-order chi connectivity index (χ1) is 14.1. The fraction of sp³-hybridized carbons (Fsp3) is 0.250. The van der Waals surface area contributed by atoms with E-state index in [1.54, 1.807) is 31.5 Å². The third kappa shape index (κ3) is 4.92. The quantitative estimate of drug-likeness (QED) is 0.529. The molecule has 0 N–H and O–H groups in total. The van der Waals surface area contributed by atoms with Gasteiger partial charge in [-0.15, -0.1) is 10.2 Å². The molecule has 0 fully saturated rings. The van der Waals surface area contributed by atoms with Crippen LogP contribution in [0.2, 0.25) is 0 Å². The molecule has 1 amide bonds. The summed E-state index contributed by atoms with van der Waals surface area (Å²) in [6.45, 7) is 0.406. The lowest BCUT2D eigenvalue weighted by atomic mass is 10.2. The molecule has 148 valence electrons. The van der Waals surface area contributed by atoms with E-state index in [1.165, 1.54) is 11.8 Å². The van der Waals surface area contributed by atoms with Crippen LogP contribution in [-0.4, -0.2) is 57.0 Å². The number of hydrogen-bond acceptors (Lipinski definition) is 7. The van der Waals surface area contributed by atoms with Crippen molar-refractivity contribution in [3.8, 4) is 28.9 Å². The molecular formula is C20H20N6O2S. The van der Waals surface area contributed by atoms with E-state index in [0.29, 0.717) is 23.9 Å². The number of nitriles is 1. The minimum Gasteiger partial charge on any atom is -0.497 e. The van der Waals surface area contributed by atoms with Gasteiger partial charge in [-0.3, -0.25) is 14.3 Å². The van der Waals surface area contributed by atoms with Gasteiger partial charge < -0.3 is 9.64 Å². The predicted molar refractivity (Wildman–Crippen MR) is 110 cm³/mol. The topological polar surface area (TPSA) is 96.9 Å². The average Bonchev–Trinajstić information content (AvgIpc) is 3.20. The van der Waals surface area contributed by atoms with Gasteiger partial charge in [-0.1, -0.05) is 11.8 Å². The van der Waals surface area contributed by atoms with Crippen LogP contribution in [-0.2, 0) is 4.79 Å². The Kier molecular flexibility index (Phi) is 6.81. The van der Waals surface area contributed by atoms with Crippen molar-refractivity contribution in [1.29, 1.82) is 5.26 Å². The van der Waals surface area contributed by atoms with E-state index >= 15 is 0 Å². The van der Waals surface area contributed by atoms with Crippen molar-refractivity contribution in [3.63, 3.8) is 0 Å². The van der Waals surface area contributed by atoms with Crippen molar-refractivity contribution >= 4 is 17.7 Å². The average molecular weight is 408 g/mol. The first-order valence-corrected chi connectivity index (χ1v) is 9.86. The first kappa shape index (κ1) is 20.4. The van der Waals surface area contributed by atoms with Crippen molar-refractivity contribution in [3.05, 3.63) is 48.8 Å². The Morgan fingerprint density at radius 1 is 1.21 bits per heavy atom. The highest BCUT2D eigenvalue weighted by atomic mass is 32.2. The van der Waals surface area contributed by atoms with Gasteiger partial charge in [-0.2, -0.15) is 5.26 Å². The molecule has 0 aliphatic rings. The second-order valence-electron chi connectivity index (χ2n) is 6.09. The van der Waals surface area contributed by atoms with Gasteiger partial charge in [0.15, 0.2) is 11.0 Å². The lowest BCUT2D eigenvalue weighted by Crippen LogP contribution is -2.29. The minimum atomic E-state index is -0.0695. The minimum absolute atomic E-state index is 0.0695. The summed E-state index contributed by atoms with van der Waals surface area (Å²) in [5.74, 6) is 1.54. The molecule has 0 radical (unpaired) electrons. The summed E-state index contributed by atoms with van der Waals surface area (Å²) in [5, 5.41) is 17.9. The molecule has 0 atom stereocenters. The molecular weight excluding hydrogens is 388 g/mol. The smallest absolute Gasteiger partial charge is 0.232 e. The van der Waals surface area contributed by atoms with Crippen LogP contribution in [0, 0.1) is 11.3 Å². The fourth-order valence-electron chi connectivity index (χ4n) is 2.59. The van der Waals surface area contributed by atoms with Gasteiger partial charge in [0.1, 0.15) is 5.75 Å². The lowest BCUT2D eigenvalue weighted by molar-refractivity contribution is -0.127. The van der Waals surface area contributed by atoms with Crippen LogP contribution in [0.25, 0.3) is 17.1 Å². The molecule has 0 aliphatic heterocycles. The van der Waals surface area contributed by atoms with Crippen LogP contribution in [0.5, 0.6) is 5.75 Å². The lowest BCUT2D eigenvalue weighted by Gasteiger charge is -2.15. The highest BCUT2D eigenvalue weighted by Crippen LogP contribution is 2.28. The monoisotopic (exact) mass is 408 g/mol. The molecule has 0 spiro atoms. The molecule has 1 aromatic carbocycles. The van der Waals surface area contributed by atoms with Crippen molar-refractivity contribution in [1.82, 2.24) is 24.6 Å². The number of carbonyl (C=O) groups is 1. The number of rotatable bonds is 8. The maximum absolute atomic E-state index is 12.3. The molecule has 3 rings (SSSR count). The number of thioether (sulfide) groups is 1. The van der Waals surface area contributed by atoms with Gasteiger partial charge in [-0.25, -0.2) is 0 Å². The number of carbonyl (C=O) groups excluding carboxylic acids is 1. The maximum Gasteiger partial charge on any atom is 0.232 e. The number of methoxy groups -OCH3 is 1. The SMILES string of the molecule is COc1ccc(-n2c(SCC(=O)N(C)CCC#N)nnc2-c2ccncc2)cc1. The highest BCUT2D eigenvalue weighted by Gasteiger charge is 2.18. The number of hydrogen-bond donors (Lipinski definition) is 0. The summed E-state index contributed by atoms with van der Waals surface area (Å²) in [6, 6.07) is 13.3. The zero-order valence-corrected chi connectivity index (χ0v) is 17.0. The Morgan fingerprint density at radius 2 is 1.93 bits per heavy atom. The molecule has 0 bridgehead atoms. The van der Waals surface area contributed by atoms with Crippen molar-refractivity contribution < 1.29 is 9.53 Å². The molecule has 0 aliphatic carbocycles. The van der Waals surface area contributed by atoms with Crippen LogP contribution in [0.15, 0.2) is 53.9 Å². The van der Waals surface area contributed by atoms with E-state index in [-0.39, 0.29) is 11.7 Å². The van der Waals surface area contributed by atoms with E-state index in [1.807, 2.05) is 47.0 Å². The number of benzene rings is 1. The van der Waals surface area contributed by atoms with E-state index in [4.69, 9.17) is 10.00 Å². The van der Waals surface area contributed by atoms with E-state index < -0.39 is 0 Å². The predicted octanol–water partition coefficient (Wildman–Crippen LogP) is 2.80. The highest BCUT2D eigenvalue weighted by molar-refractivity contribution is 7.99. The Labute approximate surface area is 173 Å². The van der Waals surface area contributed by atoms with Gasteiger partial charge in [0.05, 0.1) is 25.4 Å².